The average Bonchev–Trinajstić information content (AvgIpc) is 3.14. The number of amides is 1. The first-order valence-corrected chi connectivity index (χ1v) is 8.21. The lowest BCUT2D eigenvalue weighted by atomic mass is 10.0. The Labute approximate surface area is 155 Å². The molecule has 0 unspecified atom stereocenters. The number of hydrogen-bond acceptors (Lipinski definition) is 5. The molecule has 8 nitrogen and oxygen atoms in total. The third-order valence-corrected chi connectivity index (χ3v) is 4.15. The molecule has 1 aromatic carbocycles. The van der Waals surface area contributed by atoms with Crippen LogP contribution in [-0.4, -0.2) is 42.9 Å². The van der Waals surface area contributed by atoms with Crippen LogP contribution >= 0.6 is 0 Å². The Kier molecular flexibility index (Phi) is 4.89. The molecule has 0 aliphatic carbocycles. The number of pyridine rings is 1. The molecule has 0 aliphatic rings. The molecule has 0 fully saturated rings. The number of aromatic nitrogens is 3. The number of carbonyl (C=O) groups excluding carboxylic acids is 1. The number of benzene rings is 1. The van der Waals surface area contributed by atoms with Crippen molar-refractivity contribution in [2.45, 2.75) is 19.9 Å². The normalized spacial score (nSPS) is 11.8. The largest absolute Gasteiger partial charge is 0.505 e. The highest BCUT2D eigenvalue weighted by Gasteiger charge is 2.22. The monoisotopic (exact) mass is 366 g/mol. The number of carbonyl (C=O) groups is 2. The zero-order valence-electron chi connectivity index (χ0n) is 14.7. The van der Waals surface area contributed by atoms with Crippen LogP contribution in [0, 0.1) is 6.92 Å². The van der Waals surface area contributed by atoms with E-state index in [1.54, 1.807) is 24.0 Å². The van der Waals surface area contributed by atoms with E-state index in [0.717, 1.165) is 11.3 Å². The maximum Gasteiger partial charge on any atom is 0.325 e. The van der Waals surface area contributed by atoms with E-state index in [2.05, 4.69) is 15.4 Å². The first-order valence-electron chi connectivity index (χ1n) is 8.21. The fourth-order valence-corrected chi connectivity index (χ4v) is 2.56. The maximum absolute atomic E-state index is 12.2. The fourth-order valence-electron chi connectivity index (χ4n) is 2.56. The standard InChI is InChI=1S/C19H18N4O4/c1-11-15(13-8-21-23(10-13)14-6-4-3-5-7-14)9-20-16(17(11)24)18(25)22-12(2)19(26)27/h3-10,12,24H,1-2H3,(H,22,25)(H,26,27)/t12-/m1/s1. The highest BCUT2D eigenvalue weighted by molar-refractivity contribution is 5.98. The van der Waals surface area contributed by atoms with Crippen molar-refractivity contribution >= 4 is 11.9 Å². The topological polar surface area (TPSA) is 117 Å². The predicted molar refractivity (Wildman–Crippen MR) is 97.8 cm³/mol. The summed E-state index contributed by atoms with van der Waals surface area (Å²) in [4.78, 5) is 27.0. The zero-order valence-corrected chi connectivity index (χ0v) is 14.7. The van der Waals surface area contributed by atoms with E-state index in [0.29, 0.717) is 11.1 Å². The highest BCUT2D eigenvalue weighted by atomic mass is 16.4. The predicted octanol–water partition coefficient (Wildman–Crippen LogP) is 2.15. The first kappa shape index (κ1) is 18.1. The van der Waals surface area contributed by atoms with Gasteiger partial charge in [-0.25, -0.2) is 9.67 Å². The highest BCUT2D eigenvalue weighted by Crippen LogP contribution is 2.31. The van der Waals surface area contributed by atoms with E-state index >= 15 is 0 Å². The van der Waals surface area contributed by atoms with E-state index in [4.69, 9.17) is 5.11 Å². The van der Waals surface area contributed by atoms with Gasteiger partial charge in [0.2, 0.25) is 0 Å². The SMILES string of the molecule is Cc1c(-c2cnn(-c3ccccc3)c2)cnc(C(=O)N[C@H](C)C(=O)O)c1O. The Hall–Kier alpha value is -3.68. The summed E-state index contributed by atoms with van der Waals surface area (Å²) in [6.07, 6.45) is 4.90. The molecule has 138 valence electrons. The number of aliphatic carboxylic acids is 1. The van der Waals surface area contributed by atoms with Crippen LogP contribution in [0.3, 0.4) is 0 Å². The van der Waals surface area contributed by atoms with E-state index < -0.39 is 17.9 Å². The number of rotatable bonds is 5. The lowest BCUT2D eigenvalue weighted by Gasteiger charge is -2.12. The Morgan fingerprint density at radius 3 is 2.56 bits per heavy atom. The summed E-state index contributed by atoms with van der Waals surface area (Å²) in [6, 6.07) is 8.45. The summed E-state index contributed by atoms with van der Waals surface area (Å²) >= 11 is 0. The lowest BCUT2D eigenvalue weighted by molar-refractivity contribution is -0.138. The molecule has 0 saturated carbocycles. The van der Waals surface area contributed by atoms with E-state index in [1.807, 2.05) is 30.3 Å². The molecule has 0 saturated heterocycles. The Bertz CT molecular complexity index is 998. The van der Waals surface area contributed by atoms with Crippen LogP contribution in [0.15, 0.2) is 48.9 Å². The molecule has 27 heavy (non-hydrogen) atoms. The molecule has 0 spiro atoms. The molecule has 0 radical (unpaired) electrons. The van der Waals surface area contributed by atoms with Crippen molar-refractivity contribution in [2.24, 2.45) is 0 Å². The van der Waals surface area contributed by atoms with Gasteiger partial charge < -0.3 is 15.5 Å². The molecule has 1 amide bonds. The molecule has 3 rings (SSSR count). The first-order chi connectivity index (χ1) is 12.9. The second-order valence-corrected chi connectivity index (χ2v) is 6.04. The summed E-state index contributed by atoms with van der Waals surface area (Å²) < 4.78 is 1.70. The van der Waals surface area contributed by atoms with Crippen molar-refractivity contribution in [1.29, 1.82) is 0 Å². The zero-order chi connectivity index (χ0) is 19.6. The van der Waals surface area contributed by atoms with Gasteiger partial charge in [-0.1, -0.05) is 18.2 Å². The molecule has 2 aromatic heterocycles. The molecule has 8 heteroatoms. The number of carboxylic acids is 1. The number of carboxylic acid groups (broad SMARTS) is 1. The van der Waals surface area contributed by atoms with Gasteiger partial charge in [-0.05, 0) is 26.0 Å². The van der Waals surface area contributed by atoms with Crippen molar-refractivity contribution in [3.05, 3.63) is 60.2 Å². The van der Waals surface area contributed by atoms with Crippen LogP contribution in [0.2, 0.25) is 0 Å². The molecule has 2 heterocycles. The van der Waals surface area contributed by atoms with E-state index in [-0.39, 0.29) is 11.4 Å². The van der Waals surface area contributed by atoms with Crippen LogP contribution in [0.4, 0.5) is 0 Å². The van der Waals surface area contributed by atoms with Gasteiger partial charge in [-0.3, -0.25) is 9.59 Å². The van der Waals surface area contributed by atoms with Gasteiger partial charge in [0.1, 0.15) is 11.8 Å². The minimum atomic E-state index is -1.18. The van der Waals surface area contributed by atoms with Crippen LogP contribution in [-0.2, 0) is 4.79 Å². The van der Waals surface area contributed by atoms with Crippen LogP contribution in [0.25, 0.3) is 16.8 Å². The van der Waals surface area contributed by atoms with Crippen molar-refractivity contribution in [1.82, 2.24) is 20.1 Å². The molecule has 0 bridgehead atoms. The molecule has 3 aromatic rings. The third kappa shape index (κ3) is 3.64. The van der Waals surface area contributed by atoms with Gasteiger partial charge in [0.05, 0.1) is 11.9 Å². The van der Waals surface area contributed by atoms with Gasteiger partial charge in [-0.15, -0.1) is 0 Å². The summed E-state index contributed by atoms with van der Waals surface area (Å²) in [5.41, 5.74) is 2.46. The molecule has 1 atom stereocenters. The Morgan fingerprint density at radius 2 is 1.89 bits per heavy atom. The smallest absolute Gasteiger partial charge is 0.325 e. The van der Waals surface area contributed by atoms with Crippen molar-refractivity contribution < 1.29 is 19.8 Å². The minimum Gasteiger partial charge on any atom is -0.505 e. The number of nitrogens with zero attached hydrogens (tertiary/aromatic N) is 3. The number of para-hydroxylation sites is 1. The second kappa shape index (κ2) is 7.28. The Morgan fingerprint density at radius 1 is 1.19 bits per heavy atom. The third-order valence-electron chi connectivity index (χ3n) is 4.15. The quantitative estimate of drug-likeness (QED) is 0.637. The lowest BCUT2D eigenvalue weighted by Crippen LogP contribution is -2.38. The molecule has 0 aliphatic heterocycles. The van der Waals surface area contributed by atoms with Crippen molar-refractivity contribution in [3.8, 4) is 22.6 Å². The van der Waals surface area contributed by atoms with Gasteiger partial charge in [0.25, 0.3) is 5.91 Å². The van der Waals surface area contributed by atoms with Gasteiger partial charge in [-0.2, -0.15) is 5.10 Å². The minimum absolute atomic E-state index is 0.222. The average molecular weight is 366 g/mol. The number of aromatic hydroxyl groups is 1. The summed E-state index contributed by atoms with van der Waals surface area (Å²) in [5.74, 6) is -2.23. The fraction of sp³-hybridized carbons (Fsp3) is 0.158. The van der Waals surface area contributed by atoms with Crippen LogP contribution in [0.5, 0.6) is 5.75 Å². The van der Waals surface area contributed by atoms with Crippen LogP contribution < -0.4 is 5.32 Å². The van der Waals surface area contributed by atoms with E-state index in [9.17, 15) is 14.7 Å². The Balaban J connectivity index is 1.91. The molecular formula is C19H18N4O4. The van der Waals surface area contributed by atoms with Gasteiger partial charge in [0, 0.05) is 29.1 Å². The van der Waals surface area contributed by atoms with Crippen molar-refractivity contribution in [3.63, 3.8) is 0 Å². The maximum atomic E-state index is 12.2. The van der Waals surface area contributed by atoms with Crippen LogP contribution in [0.1, 0.15) is 23.0 Å². The number of hydrogen-bond donors (Lipinski definition) is 3. The van der Waals surface area contributed by atoms with Gasteiger partial charge >= 0.3 is 5.97 Å². The molecular weight excluding hydrogens is 348 g/mol. The van der Waals surface area contributed by atoms with Gasteiger partial charge in [0.15, 0.2) is 5.69 Å². The van der Waals surface area contributed by atoms with Crippen molar-refractivity contribution in [2.75, 3.05) is 0 Å². The summed E-state index contributed by atoms with van der Waals surface area (Å²) in [6.45, 7) is 2.99. The molecule has 3 N–H and O–H groups in total. The number of nitrogens with one attached hydrogen (secondary N) is 1. The van der Waals surface area contributed by atoms with E-state index in [1.165, 1.54) is 13.1 Å². The summed E-state index contributed by atoms with van der Waals surface area (Å²) in [7, 11) is 0. The summed E-state index contributed by atoms with van der Waals surface area (Å²) in [5, 5.41) is 25.9. The second-order valence-electron chi connectivity index (χ2n) is 6.04.